The van der Waals surface area contributed by atoms with Gasteiger partial charge in [0.2, 0.25) is 12.8 Å². The van der Waals surface area contributed by atoms with Gasteiger partial charge in [-0.1, -0.05) is 30.3 Å². The van der Waals surface area contributed by atoms with Crippen LogP contribution in [-0.2, 0) is 16.0 Å². The van der Waals surface area contributed by atoms with E-state index in [1.807, 2.05) is 36.4 Å². The molecule has 0 atom stereocenters. The van der Waals surface area contributed by atoms with E-state index in [2.05, 4.69) is 0 Å². The highest BCUT2D eigenvalue weighted by atomic mass is 16.2. The van der Waals surface area contributed by atoms with Gasteiger partial charge in [-0.25, -0.2) is 10.0 Å². The fourth-order valence-corrected chi connectivity index (χ4v) is 2.50. The molecular weight excluding hydrogens is 228 g/mol. The van der Waals surface area contributed by atoms with Gasteiger partial charge in [0, 0.05) is 6.54 Å². The van der Waals surface area contributed by atoms with Crippen LogP contribution in [0.25, 0.3) is 10.8 Å². The van der Waals surface area contributed by atoms with Gasteiger partial charge in [-0.05, 0) is 28.8 Å². The molecule has 4 nitrogen and oxygen atoms in total. The minimum atomic E-state index is 0.531. The topological polar surface area (TPSA) is 40.6 Å². The van der Waals surface area contributed by atoms with Gasteiger partial charge < -0.3 is 0 Å². The van der Waals surface area contributed by atoms with Gasteiger partial charge in [-0.15, -0.1) is 0 Å². The Labute approximate surface area is 104 Å². The summed E-state index contributed by atoms with van der Waals surface area (Å²) in [6.45, 7) is 0.531. The van der Waals surface area contributed by atoms with Gasteiger partial charge >= 0.3 is 0 Å². The van der Waals surface area contributed by atoms with Crippen LogP contribution in [0, 0.1) is 0 Å². The van der Waals surface area contributed by atoms with E-state index >= 15 is 0 Å². The van der Waals surface area contributed by atoms with E-state index in [0.717, 1.165) is 28.4 Å². The lowest BCUT2D eigenvalue weighted by Gasteiger charge is -2.35. The second kappa shape index (κ2) is 4.14. The van der Waals surface area contributed by atoms with Crippen LogP contribution in [0.5, 0.6) is 0 Å². The Morgan fingerprint density at radius 2 is 1.83 bits per heavy atom. The third-order valence-electron chi connectivity index (χ3n) is 3.35. The average Bonchev–Trinajstić information content (AvgIpc) is 2.45. The highest BCUT2D eigenvalue weighted by Gasteiger charge is 2.23. The first-order valence-corrected chi connectivity index (χ1v) is 5.82. The van der Waals surface area contributed by atoms with Crippen LogP contribution >= 0.6 is 0 Å². The monoisotopic (exact) mass is 240 g/mol. The number of carbonyl (C=O) groups excluding carboxylic acids is 2. The van der Waals surface area contributed by atoms with Crippen LogP contribution < -0.4 is 5.01 Å². The summed E-state index contributed by atoms with van der Waals surface area (Å²) < 4.78 is 0. The smallest absolute Gasteiger partial charge is 0.233 e. The molecule has 18 heavy (non-hydrogen) atoms. The van der Waals surface area contributed by atoms with E-state index in [-0.39, 0.29) is 0 Å². The second-order valence-corrected chi connectivity index (χ2v) is 4.25. The minimum absolute atomic E-state index is 0.531. The van der Waals surface area contributed by atoms with Gasteiger partial charge in [-0.3, -0.25) is 9.59 Å². The number of carbonyl (C=O) groups is 2. The van der Waals surface area contributed by atoms with Gasteiger partial charge in [-0.2, -0.15) is 0 Å². The Bertz CT molecular complexity index is 624. The number of benzene rings is 2. The number of fused-ring (bicyclic) bond motifs is 3. The quantitative estimate of drug-likeness (QED) is 0.750. The standard InChI is InChI=1S/C14H12N2O2/c17-9-15-8-7-13-12-4-2-1-3-11(12)5-6-14(13)16(15)10-18/h1-6,9-10H,7-8H2. The van der Waals surface area contributed by atoms with Crippen LogP contribution in [0.4, 0.5) is 5.69 Å². The lowest BCUT2D eigenvalue weighted by atomic mass is 9.98. The van der Waals surface area contributed by atoms with Gasteiger partial charge in [0.05, 0.1) is 5.69 Å². The number of nitrogens with zero attached hydrogens (tertiary/aromatic N) is 2. The molecule has 0 spiro atoms. The van der Waals surface area contributed by atoms with Crippen molar-refractivity contribution in [3.8, 4) is 0 Å². The largest absolute Gasteiger partial charge is 0.277 e. The Balaban J connectivity index is 2.24. The molecule has 2 aromatic carbocycles. The number of hydrogen-bond donors (Lipinski definition) is 0. The number of hydrazine groups is 1. The van der Waals surface area contributed by atoms with E-state index in [1.54, 1.807) is 0 Å². The molecule has 0 N–H and O–H groups in total. The maximum atomic E-state index is 11.2. The maximum absolute atomic E-state index is 11.2. The molecule has 90 valence electrons. The zero-order valence-corrected chi connectivity index (χ0v) is 9.74. The Kier molecular flexibility index (Phi) is 2.48. The van der Waals surface area contributed by atoms with Gasteiger partial charge in [0.15, 0.2) is 0 Å². The number of hydrogen-bond acceptors (Lipinski definition) is 2. The summed E-state index contributed by atoms with van der Waals surface area (Å²) in [5.74, 6) is 0. The fourth-order valence-electron chi connectivity index (χ4n) is 2.50. The molecule has 0 radical (unpaired) electrons. The summed E-state index contributed by atoms with van der Waals surface area (Å²) >= 11 is 0. The normalized spacial score (nSPS) is 14.4. The Morgan fingerprint density at radius 1 is 1.00 bits per heavy atom. The molecule has 0 saturated heterocycles. The predicted molar refractivity (Wildman–Crippen MR) is 69.0 cm³/mol. The second-order valence-electron chi connectivity index (χ2n) is 4.25. The highest BCUT2D eigenvalue weighted by Crippen LogP contribution is 2.32. The molecule has 0 unspecified atom stereocenters. The zero-order chi connectivity index (χ0) is 12.5. The van der Waals surface area contributed by atoms with Gasteiger partial charge in [0.25, 0.3) is 0 Å². The molecule has 2 aromatic rings. The SMILES string of the molecule is O=CN1CCc2c(ccc3ccccc23)N1C=O. The molecule has 4 heteroatoms. The average molecular weight is 240 g/mol. The molecule has 0 aliphatic carbocycles. The summed E-state index contributed by atoms with van der Waals surface area (Å²) in [6.07, 6.45) is 2.13. The predicted octanol–water partition coefficient (Wildman–Crippen LogP) is 1.73. The van der Waals surface area contributed by atoms with Crippen LogP contribution in [-0.4, -0.2) is 24.4 Å². The maximum Gasteiger partial charge on any atom is 0.233 e. The summed E-state index contributed by atoms with van der Waals surface area (Å²) in [5.41, 5.74) is 1.92. The van der Waals surface area contributed by atoms with Crippen LogP contribution in [0.15, 0.2) is 36.4 Å². The van der Waals surface area contributed by atoms with Crippen molar-refractivity contribution < 1.29 is 9.59 Å². The third-order valence-corrected chi connectivity index (χ3v) is 3.35. The van der Waals surface area contributed by atoms with E-state index in [0.29, 0.717) is 19.4 Å². The summed E-state index contributed by atoms with van der Waals surface area (Å²) in [7, 11) is 0. The van der Waals surface area contributed by atoms with E-state index < -0.39 is 0 Å². The van der Waals surface area contributed by atoms with Crippen molar-refractivity contribution in [3.05, 3.63) is 42.0 Å². The first-order valence-electron chi connectivity index (χ1n) is 5.82. The molecule has 0 aromatic heterocycles. The molecule has 0 fully saturated rings. The molecule has 1 aliphatic heterocycles. The van der Waals surface area contributed by atoms with E-state index in [1.165, 1.54) is 10.0 Å². The molecule has 1 aliphatic rings. The van der Waals surface area contributed by atoms with Crippen molar-refractivity contribution in [1.82, 2.24) is 5.01 Å². The Morgan fingerprint density at radius 3 is 2.61 bits per heavy atom. The van der Waals surface area contributed by atoms with Crippen LogP contribution in [0.3, 0.4) is 0 Å². The van der Waals surface area contributed by atoms with Crippen molar-refractivity contribution in [2.45, 2.75) is 6.42 Å². The number of anilines is 1. The first kappa shape index (κ1) is 10.8. The van der Waals surface area contributed by atoms with Crippen molar-refractivity contribution in [1.29, 1.82) is 0 Å². The molecule has 0 saturated carbocycles. The molecular formula is C14H12N2O2. The van der Waals surface area contributed by atoms with E-state index in [9.17, 15) is 9.59 Å². The molecule has 1 heterocycles. The van der Waals surface area contributed by atoms with Gasteiger partial charge in [0.1, 0.15) is 0 Å². The van der Waals surface area contributed by atoms with Crippen molar-refractivity contribution in [3.63, 3.8) is 0 Å². The van der Waals surface area contributed by atoms with Crippen LogP contribution in [0.1, 0.15) is 5.56 Å². The number of rotatable bonds is 2. The minimum Gasteiger partial charge on any atom is -0.277 e. The van der Waals surface area contributed by atoms with Crippen LogP contribution in [0.2, 0.25) is 0 Å². The summed E-state index contributed by atoms with van der Waals surface area (Å²) in [6, 6.07) is 11.9. The number of amides is 2. The van der Waals surface area contributed by atoms with E-state index in [4.69, 9.17) is 0 Å². The summed E-state index contributed by atoms with van der Waals surface area (Å²) in [4.78, 5) is 22.1. The Hall–Kier alpha value is -2.36. The molecule has 3 rings (SSSR count). The van der Waals surface area contributed by atoms with Crippen molar-refractivity contribution >= 4 is 29.3 Å². The third kappa shape index (κ3) is 1.46. The molecule has 0 bridgehead atoms. The van der Waals surface area contributed by atoms with Crippen molar-refractivity contribution in [2.75, 3.05) is 11.6 Å². The fraction of sp³-hybridized carbons (Fsp3) is 0.143. The lowest BCUT2D eigenvalue weighted by Crippen LogP contribution is -2.45. The lowest BCUT2D eigenvalue weighted by molar-refractivity contribution is -0.123. The zero-order valence-electron chi connectivity index (χ0n) is 9.74. The van der Waals surface area contributed by atoms with Crippen molar-refractivity contribution in [2.24, 2.45) is 0 Å². The highest BCUT2D eigenvalue weighted by molar-refractivity contribution is 5.94. The molecule has 2 amide bonds. The summed E-state index contributed by atoms with van der Waals surface area (Å²) in [5, 5.41) is 5.07. The first-order chi connectivity index (χ1) is 8.85.